The first-order valence-corrected chi connectivity index (χ1v) is 6.21. The number of rotatable bonds is 2. The van der Waals surface area contributed by atoms with Gasteiger partial charge in [0.05, 0.1) is 6.10 Å². The summed E-state index contributed by atoms with van der Waals surface area (Å²) >= 11 is 0. The Morgan fingerprint density at radius 3 is 2.82 bits per heavy atom. The molecule has 0 saturated carbocycles. The second-order valence-corrected chi connectivity index (χ2v) is 4.98. The van der Waals surface area contributed by atoms with Gasteiger partial charge in [0.15, 0.2) is 0 Å². The Kier molecular flexibility index (Phi) is 3.86. The van der Waals surface area contributed by atoms with Crippen molar-refractivity contribution < 1.29 is 15.0 Å². The minimum atomic E-state index is -0.842. The van der Waals surface area contributed by atoms with Gasteiger partial charge in [-0.15, -0.1) is 0 Å². The van der Waals surface area contributed by atoms with Gasteiger partial charge < -0.3 is 20.4 Å². The van der Waals surface area contributed by atoms with E-state index < -0.39 is 6.09 Å². The molecule has 0 aliphatic carbocycles. The van der Waals surface area contributed by atoms with Crippen molar-refractivity contribution in [3.8, 4) is 0 Å². The molecule has 2 heterocycles. The van der Waals surface area contributed by atoms with Crippen molar-refractivity contribution in [2.75, 3.05) is 32.7 Å². The Bertz CT molecular complexity index is 287. The normalized spacial score (nSPS) is 35.2. The maximum atomic E-state index is 11.0. The number of likely N-dealkylation sites (tertiary alicyclic amines) is 1. The van der Waals surface area contributed by atoms with Crippen LogP contribution >= 0.6 is 0 Å². The van der Waals surface area contributed by atoms with Crippen molar-refractivity contribution in [2.24, 2.45) is 0 Å². The summed E-state index contributed by atoms with van der Waals surface area (Å²) in [6.45, 7) is 5.61. The fraction of sp³-hybridized carbons (Fsp3) is 0.909. The molecular weight excluding hydrogens is 222 g/mol. The monoisotopic (exact) mass is 243 g/mol. The van der Waals surface area contributed by atoms with Gasteiger partial charge in [0, 0.05) is 44.8 Å². The maximum absolute atomic E-state index is 11.0. The van der Waals surface area contributed by atoms with Crippen molar-refractivity contribution >= 4 is 6.09 Å². The van der Waals surface area contributed by atoms with Crippen LogP contribution in [0.5, 0.6) is 0 Å². The van der Waals surface area contributed by atoms with Crippen LogP contribution in [0.15, 0.2) is 0 Å². The van der Waals surface area contributed by atoms with E-state index in [1.807, 2.05) is 6.92 Å². The molecule has 6 nitrogen and oxygen atoms in total. The third-order valence-corrected chi connectivity index (χ3v) is 3.78. The van der Waals surface area contributed by atoms with Gasteiger partial charge in [-0.1, -0.05) is 0 Å². The molecule has 0 bridgehead atoms. The topological polar surface area (TPSA) is 76.0 Å². The number of piperazine rings is 1. The molecule has 6 heteroatoms. The molecule has 2 aliphatic heterocycles. The Hall–Kier alpha value is -0.850. The number of β-amino-alcohol motifs (C(OH)–C–C–N with tert-alkyl or cyclic N) is 1. The highest BCUT2D eigenvalue weighted by Gasteiger charge is 2.33. The molecule has 0 spiro atoms. The number of hydrogen-bond acceptors (Lipinski definition) is 4. The number of carbonyl (C=O) groups is 1. The molecule has 3 N–H and O–H groups in total. The Labute approximate surface area is 101 Å². The molecular formula is C11H21N3O3. The summed E-state index contributed by atoms with van der Waals surface area (Å²) in [6.07, 6.45) is -0.237. The smallest absolute Gasteiger partial charge is 0.407 e. The molecule has 0 aromatic heterocycles. The fourth-order valence-corrected chi connectivity index (χ4v) is 2.70. The minimum absolute atomic E-state index is 0.0148. The van der Waals surface area contributed by atoms with Crippen molar-refractivity contribution in [3.05, 3.63) is 0 Å². The van der Waals surface area contributed by atoms with Gasteiger partial charge in [-0.3, -0.25) is 4.90 Å². The third kappa shape index (κ3) is 2.88. The van der Waals surface area contributed by atoms with Crippen molar-refractivity contribution in [2.45, 2.75) is 31.5 Å². The highest BCUT2D eigenvalue weighted by atomic mass is 16.4. The van der Waals surface area contributed by atoms with E-state index >= 15 is 0 Å². The Morgan fingerprint density at radius 1 is 1.47 bits per heavy atom. The van der Waals surface area contributed by atoms with Crippen molar-refractivity contribution in [1.29, 1.82) is 0 Å². The number of carboxylic acid groups (broad SMARTS) is 1. The van der Waals surface area contributed by atoms with E-state index in [0.29, 0.717) is 19.6 Å². The van der Waals surface area contributed by atoms with Crippen LogP contribution in [-0.4, -0.2) is 77.0 Å². The Balaban J connectivity index is 1.89. The summed E-state index contributed by atoms with van der Waals surface area (Å²) < 4.78 is 0. The number of nitrogens with one attached hydrogen (secondary N) is 1. The minimum Gasteiger partial charge on any atom is -0.465 e. The zero-order valence-electron chi connectivity index (χ0n) is 10.2. The summed E-state index contributed by atoms with van der Waals surface area (Å²) in [5, 5.41) is 21.9. The van der Waals surface area contributed by atoms with Crippen LogP contribution in [0.1, 0.15) is 13.3 Å². The lowest BCUT2D eigenvalue weighted by atomic mass is 10.1. The molecule has 2 rings (SSSR count). The van der Waals surface area contributed by atoms with Crippen molar-refractivity contribution in [1.82, 2.24) is 15.1 Å². The van der Waals surface area contributed by atoms with Gasteiger partial charge in [-0.05, 0) is 13.3 Å². The highest BCUT2D eigenvalue weighted by Crippen LogP contribution is 2.14. The van der Waals surface area contributed by atoms with Crippen LogP contribution in [-0.2, 0) is 0 Å². The summed E-state index contributed by atoms with van der Waals surface area (Å²) in [7, 11) is 0. The van der Waals surface area contributed by atoms with Crippen LogP contribution < -0.4 is 5.32 Å². The SMILES string of the molecule is C[C@H]1[C@@H](CN2CC[C@H](O)C2)NCCN1C(=O)O. The van der Waals surface area contributed by atoms with Crippen LogP contribution in [0.3, 0.4) is 0 Å². The predicted octanol–water partition coefficient (Wildman–Crippen LogP) is -0.607. The molecule has 3 atom stereocenters. The largest absolute Gasteiger partial charge is 0.465 e. The molecule has 0 unspecified atom stereocenters. The predicted molar refractivity (Wildman–Crippen MR) is 63.0 cm³/mol. The number of aliphatic hydroxyl groups excluding tert-OH is 1. The van der Waals surface area contributed by atoms with E-state index in [4.69, 9.17) is 5.11 Å². The lowest BCUT2D eigenvalue weighted by molar-refractivity contribution is 0.0880. The number of amides is 1. The van der Waals surface area contributed by atoms with E-state index in [-0.39, 0.29) is 18.2 Å². The van der Waals surface area contributed by atoms with Crippen LogP contribution in [0, 0.1) is 0 Å². The van der Waals surface area contributed by atoms with Crippen molar-refractivity contribution in [3.63, 3.8) is 0 Å². The summed E-state index contributed by atoms with van der Waals surface area (Å²) in [5.74, 6) is 0. The van der Waals surface area contributed by atoms with E-state index in [2.05, 4.69) is 10.2 Å². The lowest BCUT2D eigenvalue weighted by Crippen LogP contribution is -2.61. The van der Waals surface area contributed by atoms with Crippen LogP contribution in [0.25, 0.3) is 0 Å². The Morgan fingerprint density at radius 2 is 2.24 bits per heavy atom. The van der Waals surface area contributed by atoms with Crippen LogP contribution in [0.2, 0.25) is 0 Å². The maximum Gasteiger partial charge on any atom is 0.407 e. The quantitative estimate of drug-likeness (QED) is 0.603. The van der Waals surface area contributed by atoms with E-state index in [0.717, 1.165) is 19.5 Å². The number of hydrogen-bond donors (Lipinski definition) is 3. The molecule has 0 aromatic carbocycles. The summed E-state index contributed by atoms with van der Waals surface area (Å²) in [5.41, 5.74) is 0. The number of aliphatic hydroxyl groups is 1. The van der Waals surface area contributed by atoms with Gasteiger partial charge in [0.2, 0.25) is 0 Å². The molecule has 17 heavy (non-hydrogen) atoms. The molecule has 2 aliphatic rings. The third-order valence-electron chi connectivity index (χ3n) is 3.78. The van der Waals surface area contributed by atoms with E-state index in [1.54, 1.807) is 0 Å². The molecule has 2 fully saturated rings. The van der Waals surface area contributed by atoms with Gasteiger partial charge in [0.1, 0.15) is 0 Å². The number of nitrogens with zero attached hydrogens (tertiary/aromatic N) is 2. The van der Waals surface area contributed by atoms with Gasteiger partial charge in [-0.25, -0.2) is 4.79 Å². The average molecular weight is 243 g/mol. The van der Waals surface area contributed by atoms with Gasteiger partial charge in [0.25, 0.3) is 0 Å². The molecule has 1 amide bonds. The second-order valence-electron chi connectivity index (χ2n) is 4.98. The highest BCUT2D eigenvalue weighted by molar-refractivity contribution is 5.65. The van der Waals surface area contributed by atoms with Gasteiger partial charge >= 0.3 is 6.09 Å². The van der Waals surface area contributed by atoms with E-state index in [9.17, 15) is 9.90 Å². The molecule has 2 saturated heterocycles. The summed E-state index contributed by atoms with van der Waals surface area (Å²) in [4.78, 5) is 14.7. The average Bonchev–Trinajstić information content (AvgIpc) is 2.67. The first kappa shape index (κ1) is 12.6. The second kappa shape index (κ2) is 5.20. The lowest BCUT2D eigenvalue weighted by Gasteiger charge is -2.40. The van der Waals surface area contributed by atoms with E-state index in [1.165, 1.54) is 4.90 Å². The molecule has 0 radical (unpaired) electrons. The zero-order valence-corrected chi connectivity index (χ0v) is 10.2. The fourth-order valence-electron chi connectivity index (χ4n) is 2.70. The van der Waals surface area contributed by atoms with Crippen LogP contribution in [0.4, 0.5) is 4.79 Å². The molecule has 98 valence electrons. The summed E-state index contributed by atoms with van der Waals surface area (Å²) in [6, 6.07) is 0.143. The van der Waals surface area contributed by atoms with Gasteiger partial charge in [-0.2, -0.15) is 0 Å². The zero-order chi connectivity index (χ0) is 12.4. The molecule has 0 aromatic rings. The standard InChI is InChI=1S/C11H21N3O3/c1-8-10(7-13-4-2-9(15)6-13)12-3-5-14(8)11(16)17/h8-10,12,15H,2-7H2,1H3,(H,16,17)/t8-,9-,10+/m0/s1. The first-order valence-electron chi connectivity index (χ1n) is 6.21. The first-order chi connectivity index (χ1) is 8.08.